The number of amides is 2. The number of carboxylic acid groups (broad SMARTS) is 1. The molecule has 1 saturated carbocycles. The Morgan fingerprint density at radius 1 is 1.26 bits per heavy atom. The fourth-order valence-electron chi connectivity index (χ4n) is 2.94. The van der Waals surface area contributed by atoms with Gasteiger partial charge in [0, 0.05) is 12.6 Å². The Labute approximate surface area is 112 Å². The molecule has 2 fully saturated rings. The van der Waals surface area contributed by atoms with Gasteiger partial charge < -0.3 is 20.5 Å². The zero-order chi connectivity index (χ0) is 13.8. The molecule has 0 aromatic carbocycles. The second-order valence-electron chi connectivity index (χ2n) is 5.44. The number of ether oxygens (including phenoxy) is 1. The molecule has 4 atom stereocenters. The van der Waals surface area contributed by atoms with Gasteiger partial charge in [-0.3, -0.25) is 4.79 Å². The lowest BCUT2D eigenvalue weighted by Gasteiger charge is -2.23. The number of carboxylic acids is 1. The van der Waals surface area contributed by atoms with Crippen LogP contribution in [0.3, 0.4) is 0 Å². The number of urea groups is 1. The molecule has 2 rings (SSSR count). The average Bonchev–Trinajstić information content (AvgIpc) is 2.98. The van der Waals surface area contributed by atoms with Crippen LogP contribution in [0.2, 0.25) is 0 Å². The molecule has 19 heavy (non-hydrogen) atoms. The van der Waals surface area contributed by atoms with Crippen LogP contribution in [0.15, 0.2) is 0 Å². The Kier molecular flexibility index (Phi) is 4.63. The maximum Gasteiger partial charge on any atom is 0.315 e. The van der Waals surface area contributed by atoms with Crippen LogP contribution in [0.25, 0.3) is 0 Å². The molecular weight excluding hydrogens is 248 g/mol. The van der Waals surface area contributed by atoms with Crippen molar-refractivity contribution in [1.29, 1.82) is 0 Å². The van der Waals surface area contributed by atoms with E-state index in [4.69, 9.17) is 9.84 Å². The van der Waals surface area contributed by atoms with E-state index in [1.807, 2.05) is 6.92 Å². The third-order valence-electron chi connectivity index (χ3n) is 4.03. The van der Waals surface area contributed by atoms with Crippen molar-refractivity contribution >= 4 is 12.0 Å². The standard InChI is InChI=1S/C13H22N2O4/c1-8(11-6-3-7-19-11)14-13(18)15-10-5-2-4-9(10)12(16)17/h8-11H,2-7H2,1H3,(H,16,17)(H2,14,15,18). The van der Waals surface area contributed by atoms with Gasteiger partial charge in [-0.05, 0) is 32.6 Å². The normalized spacial score (nSPS) is 31.9. The molecule has 0 radical (unpaired) electrons. The summed E-state index contributed by atoms with van der Waals surface area (Å²) in [4.78, 5) is 22.9. The maximum absolute atomic E-state index is 11.9. The average molecular weight is 270 g/mol. The largest absolute Gasteiger partial charge is 0.481 e. The third-order valence-corrected chi connectivity index (χ3v) is 4.03. The molecule has 1 saturated heterocycles. The summed E-state index contributed by atoms with van der Waals surface area (Å²) in [5.74, 6) is -1.28. The van der Waals surface area contributed by atoms with Gasteiger partial charge in [-0.1, -0.05) is 6.42 Å². The van der Waals surface area contributed by atoms with E-state index in [9.17, 15) is 9.59 Å². The van der Waals surface area contributed by atoms with Crippen molar-refractivity contribution in [1.82, 2.24) is 10.6 Å². The summed E-state index contributed by atoms with van der Waals surface area (Å²) in [5, 5.41) is 14.7. The lowest BCUT2D eigenvalue weighted by atomic mass is 10.0. The summed E-state index contributed by atoms with van der Waals surface area (Å²) in [6.45, 7) is 2.67. The summed E-state index contributed by atoms with van der Waals surface area (Å²) in [7, 11) is 0. The summed E-state index contributed by atoms with van der Waals surface area (Å²) in [5.41, 5.74) is 0. The highest BCUT2D eigenvalue weighted by Gasteiger charge is 2.34. The zero-order valence-electron chi connectivity index (χ0n) is 11.2. The Balaban J connectivity index is 1.78. The van der Waals surface area contributed by atoms with Crippen LogP contribution in [0.1, 0.15) is 39.0 Å². The highest BCUT2D eigenvalue weighted by molar-refractivity contribution is 5.77. The van der Waals surface area contributed by atoms with Gasteiger partial charge in [-0.25, -0.2) is 4.79 Å². The minimum Gasteiger partial charge on any atom is -0.481 e. The maximum atomic E-state index is 11.9. The van der Waals surface area contributed by atoms with Crippen molar-refractivity contribution < 1.29 is 19.4 Å². The molecule has 1 heterocycles. The molecule has 3 N–H and O–H groups in total. The molecule has 1 aliphatic heterocycles. The van der Waals surface area contributed by atoms with Crippen LogP contribution in [-0.2, 0) is 9.53 Å². The minimum atomic E-state index is -0.824. The van der Waals surface area contributed by atoms with Crippen LogP contribution >= 0.6 is 0 Å². The smallest absolute Gasteiger partial charge is 0.315 e. The molecule has 2 aliphatic rings. The molecule has 4 unspecified atom stereocenters. The first-order valence-corrected chi connectivity index (χ1v) is 6.99. The molecular formula is C13H22N2O4. The fraction of sp³-hybridized carbons (Fsp3) is 0.846. The van der Waals surface area contributed by atoms with Crippen LogP contribution in [0.4, 0.5) is 4.79 Å². The third kappa shape index (κ3) is 3.59. The number of rotatable bonds is 4. The van der Waals surface area contributed by atoms with Crippen molar-refractivity contribution in [2.75, 3.05) is 6.61 Å². The topological polar surface area (TPSA) is 87.7 Å². The van der Waals surface area contributed by atoms with E-state index < -0.39 is 11.9 Å². The van der Waals surface area contributed by atoms with E-state index >= 15 is 0 Å². The molecule has 6 nitrogen and oxygen atoms in total. The predicted octanol–water partition coefficient (Wildman–Crippen LogP) is 1.11. The molecule has 6 heteroatoms. The van der Waals surface area contributed by atoms with E-state index in [-0.39, 0.29) is 24.2 Å². The highest BCUT2D eigenvalue weighted by Crippen LogP contribution is 2.25. The number of hydrogen-bond donors (Lipinski definition) is 3. The van der Waals surface area contributed by atoms with E-state index in [2.05, 4.69) is 10.6 Å². The van der Waals surface area contributed by atoms with Crippen LogP contribution in [0, 0.1) is 5.92 Å². The molecule has 0 spiro atoms. The summed E-state index contributed by atoms with van der Waals surface area (Å²) in [6.07, 6.45) is 4.29. The predicted molar refractivity (Wildman–Crippen MR) is 68.9 cm³/mol. The lowest BCUT2D eigenvalue weighted by Crippen LogP contribution is -2.50. The molecule has 0 bridgehead atoms. The second-order valence-corrected chi connectivity index (χ2v) is 5.44. The van der Waals surface area contributed by atoms with E-state index in [1.54, 1.807) is 0 Å². The Morgan fingerprint density at radius 3 is 2.68 bits per heavy atom. The number of hydrogen-bond acceptors (Lipinski definition) is 3. The quantitative estimate of drug-likeness (QED) is 0.714. The van der Waals surface area contributed by atoms with E-state index in [0.29, 0.717) is 6.42 Å². The minimum absolute atomic E-state index is 0.0489. The lowest BCUT2D eigenvalue weighted by molar-refractivity contribution is -0.142. The number of nitrogens with one attached hydrogen (secondary N) is 2. The second kappa shape index (κ2) is 6.23. The zero-order valence-corrected chi connectivity index (χ0v) is 11.2. The van der Waals surface area contributed by atoms with Gasteiger partial charge in [0.1, 0.15) is 0 Å². The molecule has 0 aromatic heterocycles. The van der Waals surface area contributed by atoms with Gasteiger partial charge in [0.2, 0.25) is 0 Å². The van der Waals surface area contributed by atoms with Crippen LogP contribution in [0.5, 0.6) is 0 Å². The SMILES string of the molecule is CC(NC(=O)NC1CCCC1C(=O)O)C1CCCO1. The molecule has 1 aliphatic carbocycles. The van der Waals surface area contributed by atoms with Crippen molar-refractivity contribution in [3.05, 3.63) is 0 Å². The number of carbonyl (C=O) groups excluding carboxylic acids is 1. The first-order valence-electron chi connectivity index (χ1n) is 6.99. The highest BCUT2D eigenvalue weighted by atomic mass is 16.5. The van der Waals surface area contributed by atoms with Gasteiger partial charge >= 0.3 is 12.0 Å². The van der Waals surface area contributed by atoms with Crippen molar-refractivity contribution in [2.45, 2.75) is 57.2 Å². The summed E-state index contributed by atoms with van der Waals surface area (Å²) >= 11 is 0. The molecule has 0 aromatic rings. The van der Waals surface area contributed by atoms with Gasteiger partial charge in [0.25, 0.3) is 0 Å². The molecule has 108 valence electrons. The van der Waals surface area contributed by atoms with Crippen molar-refractivity contribution in [2.24, 2.45) is 5.92 Å². The van der Waals surface area contributed by atoms with Gasteiger partial charge in [-0.15, -0.1) is 0 Å². The molecule has 2 amide bonds. The van der Waals surface area contributed by atoms with Crippen molar-refractivity contribution in [3.8, 4) is 0 Å². The summed E-state index contributed by atoms with van der Waals surface area (Å²) < 4.78 is 5.51. The fourth-order valence-corrected chi connectivity index (χ4v) is 2.94. The van der Waals surface area contributed by atoms with Gasteiger partial charge in [-0.2, -0.15) is 0 Å². The van der Waals surface area contributed by atoms with Crippen LogP contribution in [-0.4, -0.2) is 41.9 Å². The number of aliphatic carboxylic acids is 1. The Morgan fingerprint density at radius 2 is 2.05 bits per heavy atom. The first kappa shape index (κ1) is 14.1. The summed E-state index contributed by atoms with van der Waals surface area (Å²) in [6, 6.07) is -0.595. The Bertz CT molecular complexity index is 342. The van der Waals surface area contributed by atoms with E-state index in [0.717, 1.165) is 32.3 Å². The first-order chi connectivity index (χ1) is 9.08. The van der Waals surface area contributed by atoms with Crippen LogP contribution < -0.4 is 10.6 Å². The Hall–Kier alpha value is -1.30. The monoisotopic (exact) mass is 270 g/mol. The van der Waals surface area contributed by atoms with E-state index in [1.165, 1.54) is 0 Å². The van der Waals surface area contributed by atoms with Gasteiger partial charge in [0.05, 0.1) is 18.1 Å². The number of carbonyl (C=O) groups is 2. The van der Waals surface area contributed by atoms with Crippen molar-refractivity contribution in [3.63, 3.8) is 0 Å². The van der Waals surface area contributed by atoms with Gasteiger partial charge in [0.15, 0.2) is 0 Å².